The van der Waals surface area contributed by atoms with E-state index >= 15 is 0 Å². The summed E-state index contributed by atoms with van der Waals surface area (Å²) in [5.74, 6) is -0.270. The second-order valence-corrected chi connectivity index (χ2v) is 4.23. The van der Waals surface area contributed by atoms with E-state index in [9.17, 15) is 4.39 Å². The minimum absolute atomic E-state index is 0.0408. The fourth-order valence-electron chi connectivity index (χ4n) is 1.76. The lowest BCUT2D eigenvalue weighted by atomic mass is 10.2. The van der Waals surface area contributed by atoms with E-state index in [0.29, 0.717) is 24.3 Å². The van der Waals surface area contributed by atoms with Crippen LogP contribution in [0.3, 0.4) is 0 Å². The molecule has 0 saturated heterocycles. The average Bonchev–Trinajstić information content (AvgIpc) is 2.49. The van der Waals surface area contributed by atoms with Gasteiger partial charge in [-0.2, -0.15) is 0 Å². The van der Waals surface area contributed by atoms with E-state index in [1.54, 1.807) is 30.5 Å². The van der Waals surface area contributed by atoms with Crippen molar-refractivity contribution in [1.82, 2.24) is 10.3 Å². The molecular formula is C14H15FN4O. The summed E-state index contributed by atoms with van der Waals surface area (Å²) in [6.07, 6.45) is 1.58. The van der Waals surface area contributed by atoms with E-state index in [1.807, 2.05) is 6.07 Å². The number of aromatic nitrogens is 1. The Morgan fingerprint density at radius 3 is 2.85 bits per heavy atom. The Morgan fingerprint density at radius 2 is 2.10 bits per heavy atom. The predicted molar refractivity (Wildman–Crippen MR) is 73.7 cm³/mol. The third-order valence-corrected chi connectivity index (χ3v) is 2.80. The molecule has 1 heterocycles. The quantitative estimate of drug-likeness (QED) is 0.335. The van der Waals surface area contributed by atoms with Crippen LogP contribution in [0.1, 0.15) is 16.8 Å². The lowest BCUT2D eigenvalue weighted by molar-refractivity contribution is 0.318. The number of hydrogen-bond donors (Lipinski definition) is 3. The zero-order valence-corrected chi connectivity index (χ0v) is 10.8. The van der Waals surface area contributed by atoms with Gasteiger partial charge in [-0.1, -0.05) is 23.4 Å². The SMILES string of the molecule is NC(=NO)c1cc(CNCc2ccccc2F)ccn1. The largest absolute Gasteiger partial charge is 0.409 e. The fraction of sp³-hybridized carbons (Fsp3) is 0.143. The van der Waals surface area contributed by atoms with Crippen LogP contribution in [0.15, 0.2) is 47.8 Å². The third kappa shape index (κ3) is 3.52. The molecule has 0 fully saturated rings. The number of nitrogens with one attached hydrogen (secondary N) is 1. The van der Waals surface area contributed by atoms with Gasteiger partial charge in [0.1, 0.15) is 11.5 Å². The van der Waals surface area contributed by atoms with Gasteiger partial charge in [0.15, 0.2) is 5.84 Å². The van der Waals surface area contributed by atoms with Gasteiger partial charge in [0.05, 0.1) is 0 Å². The highest BCUT2D eigenvalue weighted by molar-refractivity contribution is 5.95. The molecule has 0 bridgehead atoms. The molecular weight excluding hydrogens is 259 g/mol. The number of nitrogens with two attached hydrogens (primary N) is 1. The van der Waals surface area contributed by atoms with Crippen molar-refractivity contribution in [1.29, 1.82) is 0 Å². The van der Waals surface area contributed by atoms with Gasteiger partial charge in [0.2, 0.25) is 0 Å². The number of pyridine rings is 1. The van der Waals surface area contributed by atoms with Crippen molar-refractivity contribution in [3.05, 3.63) is 65.2 Å². The summed E-state index contributed by atoms with van der Waals surface area (Å²) >= 11 is 0. The molecule has 104 valence electrons. The minimum Gasteiger partial charge on any atom is -0.409 e. The molecule has 0 radical (unpaired) electrons. The Balaban J connectivity index is 1.96. The second kappa shape index (κ2) is 6.63. The van der Waals surface area contributed by atoms with Crippen molar-refractivity contribution >= 4 is 5.84 Å². The van der Waals surface area contributed by atoms with Crippen LogP contribution in [0.25, 0.3) is 0 Å². The van der Waals surface area contributed by atoms with Crippen molar-refractivity contribution in [2.45, 2.75) is 13.1 Å². The molecule has 5 nitrogen and oxygen atoms in total. The Bertz CT molecular complexity index is 616. The van der Waals surface area contributed by atoms with Crippen molar-refractivity contribution < 1.29 is 9.60 Å². The summed E-state index contributed by atoms with van der Waals surface area (Å²) in [7, 11) is 0. The topological polar surface area (TPSA) is 83.5 Å². The van der Waals surface area contributed by atoms with Crippen molar-refractivity contribution in [3.8, 4) is 0 Å². The van der Waals surface area contributed by atoms with Crippen LogP contribution in [-0.2, 0) is 13.1 Å². The highest BCUT2D eigenvalue weighted by Crippen LogP contribution is 2.07. The molecule has 20 heavy (non-hydrogen) atoms. The van der Waals surface area contributed by atoms with Gasteiger partial charge in [-0.3, -0.25) is 4.98 Å². The molecule has 0 saturated carbocycles. The number of halogens is 1. The van der Waals surface area contributed by atoms with Crippen LogP contribution >= 0.6 is 0 Å². The maximum atomic E-state index is 13.4. The van der Waals surface area contributed by atoms with E-state index < -0.39 is 0 Å². The van der Waals surface area contributed by atoms with Crippen LogP contribution < -0.4 is 11.1 Å². The van der Waals surface area contributed by atoms with Gasteiger partial charge in [-0.25, -0.2) is 4.39 Å². The standard InChI is InChI=1S/C14H15FN4O/c15-12-4-2-1-3-11(12)9-17-8-10-5-6-18-13(7-10)14(16)19-20/h1-7,17,20H,8-9H2,(H2,16,19). The molecule has 0 aliphatic rings. The number of nitrogens with zero attached hydrogens (tertiary/aromatic N) is 2. The molecule has 2 aromatic rings. The second-order valence-electron chi connectivity index (χ2n) is 4.23. The van der Waals surface area contributed by atoms with Gasteiger partial charge in [0, 0.05) is 24.8 Å². The van der Waals surface area contributed by atoms with E-state index in [2.05, 4.69) is 15.5 Å². The number of rotatable bonds is 5. The number of amidine groups is 1. The summed E-state index contributed by atoms with van der Waals surface area (Å²) in [4.78, 5) is 3.99. The lowest BCUT2D eigenvalue weighted by Gasteiger charge is -2.07. The summed E-state index contributed by atoms with van der Waals surface area (Å²) in [6.45, 7) is 0.955. The molecule has 6 heteroatoms. The fourth-order valence-corrected chi connectivity index (χ4v) is 1.76. The smallest absolute Gasteiger partial charge is 0.188 e. The van der Waals surface area contributed by atoms with E-state index in [1.165, 1.54) is 6.07 Å². The highest BCUT2D eigenvalue weighted by atomic mass is 19.1. The Labute approximate surface area is 116 Å². The van der Waals surface area contributed by atoms with Crippen LogP contribution in [0.2, 0.25) is 0 Å². The van der Waals surface area contributed by atoms with E-state index in [0.717, 1.165) is 5.56 Å². The Hall–Kier alpha value is -2.47. The zero-order chi connectivity index (χ0) is 14.4. The maximum Gasteiger partial charge on any atom is 0.188 e. The maximum absolute atomic E-state index is 13.4. The first kappa shape index (κ1) is 14.0. The molecule has 0 aliphatic carbocycles. The Morgan fingerprint density at radius 1 is 1.30 bits per heavy atom. The molecule has 0 spiro atoms. The molecule has 1 aromatic carbocycles. The van der Waals surface area contributed by atoms with Gasteiger partial charge in [-0.15, -0.1) is 0 Å². The van der Waals surface area contributed by atoms with Crippen molar-refractivity contribution in [2.24, 2.45) is 10.9 Å². The van der Waals surface area contributed by atoms with Gasteiger partial charge in [-0.05, 0) is 23.8 Å². The average molecular weight is 274 g/mol. The summed E-state index contributed by atoms with van der Waals surface area (Å²) in [6, 6.07) is 10.1. The first-order valence-corrected chi connectivity index (χ1v) is 6.07. The third-order valence-electron chi connectivity index (χ3n) is 2.80. The lowest BCUT2D eigenvalue weighted by Crippen LogP contribution is -2.17. The predicted octanol–water partition coefficient (Wildman–Crippen LogP) is 1.60. The molecule has 4 N–H and O–H groups in total. The van der Waals surface area contributed by atoms with Crippen LogP contribution in [0, 0.1) is 5.82 Å². The van der Waals surface area contributed by atoms with Gasteiger partial charge >= 0.3 is 0 Å². The van der Waals surface area contributed by atoms with Gasteiger partial charge in [0.25, 0.3) is 0 Å². The number of oxime groups is 1. The van der Waals surface area contributed by atoms with Crippen molar-refractivity contribution in [2.75, 3.05) is 0 Å². The minimum atomic E-state index is -0.230. The Kier molecular flexibility index (Phi) is 4.62. The van der Waals surface area contributed by atoms with Crippen LogP contribution in [0.5, 0.6) is 0 Å². The first-order valence-electron chi connectivity index (χ1n) is 6.07. The summed E-state index contributed by atoms with van der Waals surface area (Å²) in [5, 5.41) is 14.6. The highest BCUT2D eigenvalue weighted by Gasteiger charge is 2.03. The molecule has 0 aliphatic heterocycles. The molecule has 1 aromatic heterocycles. The van der Waals surface area contributed by atoms with Crippen LogP contribution in [-0.4, -0.2) is 16.0 Å². The van der Waals surface area contributed by atoms with Crippen LogP contribution in [0.4, 0.5) is 4.39 Å². The van der Waals surface area contributed by atoms with E-state index in [4.69, 9.17) is 10.9 Å². The monoisotopic (exact) mass is 274 g/mol. The molecule has 2 rings (SSSR count). The number of hydrogen-bond acceptors (Lipinski definition) is 4. The van der Waals surface area contributed by atoms with Crippen molar-refractivity contribution in [3.63, 3.8) is 0 Å². The number of benzene rings is 1. The van der Waals surface area contributed by atoms with Gasteiger partial charge < -0.3 is 16.3 Å². The molecule has 0 unspecified atom stereocenters. The summed E-state index contributed by atoms with van der Waals surface area (Å²) < 4.78 is 13.4. The molecule has 0 atom stereocenters. The zero-order valence-electron chi connectivity index (χ0n) is 10.8. The first-order chi connectivity index (χ1) is 9.70. The van der Waals surface area contributed by atoms with E-state index in [-0.39, 0.29) is 11.7 Å². The molecule has 0 amide bonds. The normalized spacial score (nSPS) is 11.6. The summed E-state index contributed by atoms with van der Waals surface area (Å²) in [5.41, 5.74) is 7.40.